The van der Waals surface area contributed by atoms with E-state index >= 15 is 0 Å². The number of rotatable bonds is 9. The summed E-state index contributed by atoms with van der Waals surface area (Å²) in [4.78, 5) is 4.53. The van der Waals surface area contributed by atoms with E-state index in [-0.39, 0.29) is 5.82 Å². The summed E-state index contributed by atoms with van der Waals surface area (Å²) in [5.41, 5.74) is 2.18. The van der Waals surface area contributed by atoms with Crippen LogP contribution in [0.5, 0.6) is 0 Å². The van der Waals surface area contributed by atoms with E-state index in [1.54, 1.807) is 12.1 Å². The monoisotopic (exact) mass is 295 g/mol. The lowest BCUT2D eigenvalue weighted by atomic mass is 10.1. The maximum atomic E-state index is 13.5. The molecule has 0 spiro atoms. The van der Waals surface area contributed by atoms with Crippen LogP contribution in [-0.2, 0) is 6.54 Å². The van der Waals surface area contributed by atoms with Crippen molar-refractivity contribution in [2.45, 2.75) is 39.8 Å². The molecule has 0 unspecified atom stereocenters. The summed E-state index contributed by atoms with van der Waals surface area (Å²) >= 11 is 0. The van der Waals surface area contributed by atoms with Gasteiger partial charge >= 0.3 is 0 Å². The fourth-order valence-corrected chi connectivity index (χ4v) is 2.34. The van der Waals surface area contributed by atoms with Gasteiger partial charge in [-0.25, -0.2) is 4.39 Å². The van der Waals surface area contributed by atoms with E-state index < -0.39 is 0 Å². The van der Waals surface area contributed by atoms with E-state index in [0.29, 0.717) is 12.6 Å². The summed E-state index contributed by atoms with van der Waals surface area (Å²) in [7, 11) is 4.18. The lowest BCUT2D eigenvalue weighted by Crippen LogP contribution is -2.29. The Kier molecular flexibility index (Phi) is 7.68. The summed E-state index contributed by atoms with van der Waals surface area (Å²) in [6.45, 7) is 10.1. The fraction of sp³-hybridized carbons (Fsp3) is 0.647. The summed E-state index contributed by atoms with van der Waals surface area (Å²) in [6, 6.07) is 5.51. The average molecular weight is 295 g/mol. The van der Waals surface area contributed by atoms with Gasteiger partial charge in [0.05, 0.1) is 0 Å². The maximum absolute atomic E-state index is 13.5. The second kappa shape index (κ2) is 9.00. The zero-order chi connectivity index (χ0) is 15.8. The molecule has 1 N–H and O–H groups in total. The molecular formula is C17H30FN3. The van der Waals surface area contributed by atoms with Gasteiger partial charge in [0.15, 0.2) is 0 Å². The Balaban J connectivity index is 2.81. The highest BCUT2D eigenvalue weighted by atomic mass is 19.1. The van der Waals surface area contributed by atoms with Crippen LogP contribution >= 0.6 is 0 Å². The van der Waals surface area contributed by atoms with Crippen LogP contribution in [0.25, 0.3) is 0 Å². The SMILES string of the molecule is CCN(CCCN(C)C)c1ccc(F)cc1CNC(C)C. The first-order valence-electron chi connectivity index (χ1n) is 7.85. The number of anilines is 1. The quantitative estimate of drug-likeness (QED) is 0.755. The van der Waals surface area contributed by atoms with E-state index in [0.717, 1.165) is 37.3 Å². The van der Waals surface area contributed by atoms with Crippen molar-refractivity contribution in [1.82, 2.24) is 10.2 Å². The Morgan fingerprint density at radius 2 is 1.90 bits per heavy atom. The van der Waals surface area contributed by atoms with Crippen molar-refractivity contribution in [2.75, 3.05) is 38.6 Å². The summed E-state index contributed by atoms with van der Waals surface area (Å²) in [5, 5.41) is 3.38. The molecule has 0 bridgehead atoms. The summed E-state index contributed by atoms with van der Waals surface area (Å²) < 4.78 is 13.5. The van der Waals surface area contributed by atoms with Crippen molar-refractivity contribution in [2.24, 2.45) is 0 Å². The molecule has 0 atom stereocenters. The molecule has 0 saturated carbocycles. The van der Waals surface area contributed by atoms with Crippen molar-refractivity contribution >= 4 is 5.69 Å². The van der Waals surface area contributed by atoms with Crippen LogP contribution < -0.4 is 10.2 Å². The van der Waals surface area contributed by atoms with E-state index in [9.17, 15) is 4.39 Å². The summed E-state index contributed by atoms with van der Waals surface area (Å²) in [6.07, 6.45) is 1.11. The molecule has 0 radical (unpaired) electrons. The Morgan fingerprint density at radius 3 is 2.48 bits per heavy atom. The third-order valence-corrected chi connectivity index (χ3v) is 3.50. The molecule has 0 fully saturated rings. The smallest absolute Gasteiger partial charge is 0.123 e. The van der Waals surface area contributed by atoms with Gasteiger partial charge < -0.3 is 15.1 Å². The normalized spacial score (nSPS) is 11.4. The zero-order valence-corrected chi connectivity index (χ0v) is 14.1. The molecule has 120 valence electrons. The topological polar surface area (TPSA) is 18.5 Å². The Morgan fingerprint density at radius 1 is 1.19 bits per heavy atom. The molecule has 1 rings (SSSR count). The highest BCUT2D eigenvalue weighted by molar-refractivity contribution is 5.53. The van der Waals surface area contributed by atoms with Crippen molar-refractivity contribution in [3.05, 3.63) is 29.6 Å². The number of nitrogens with zero attached hydrogens (tertiary/aromatic N) is 2. The standard InChI is InChI=1S/C17H30FN3/c1-6-21(11-7-10-20(4)5)17-9-8-16(18)12-15(17)13-19-14(2)3/h8-9,12,14,19H,6-7,10-11,13H2,1-5H3. The summed E-state index contributed by atoms with van der Waals surface area (Å²) in [5.74, 6) is -0.163. The van der Waals surface area contributed by atoms with Gasteiger partial charge in [-0.05, 0) is 57.7 Å². The van der Waals surface area contributed by atoms with E-state index in [1.165, 1.54) is 0 Å². The first-order chi connectivity index (χ1) is 9.93. The van der Waals surface area contributed by atoms with E-state index in [2.05, 4.69) is 50.0 Å². The maximum Gasteiger partial charge on any atom is 0.123 e. The molecule has 0 aliphatic rings. The molecule has 0 aliphatic heterocycles. The molecule has 21 heavy (non-hydrogen) atoms. The highest BCUT2D eigenvalue weighted by Gasteiger charge is 2.11. The van der Waals surface area contributed by atoms with Crippen LogP contribution in [0.1, 0.15) is 32.8 Å². The molecule has 1 aromatic rings. The van der Waals surface area contributed by atoms with Gasteiger partial charge in [-0.3, -0.25) is 0 Å². The molecule has 0 aliphatic carbocycles. The van der Waals surface area contributed by atoms with Crippen LogP contribution in [0.4, 0.5) is 10.1 Å². The number of nitrogens with one attached hydrogen (secondary N) is 1. The minimum absolute atomic E-state index is 0.163. The predicted molar refractivity (Wildman–Crippen MR) is 89.4 cm³/mol. The van der Waals surface area contributed by atoms with Crippen LogP contribution in [0.3, 0.4) is 0 Å². The molecule has 1 aromatic carbocycles. The predicted octanol–water partition coefficient (Wildman–Crippen LogP) is 3.10. The van der Waals surface area contributed by atoms with Gasteiger partial charge in [-0.15, -0.1) is 0 Å². The Bertz CT molecular complexity index is 418. The zero-order valence-electron chi connectivity index (χ0n) is 14.1. The van der Waals surface area contributed by atoms with Crippen molar-refractivity contribution in [3.63, 3.8) is 0 Å². The molecule has 0 saturated heterocycles. The van der Waals surface area contributed by atoms with Gasteiger partial charge in [0.2, 0.25) is 0 Å². The Hall–Kier alpha value is -1.13. The van der Waals surface area contributed by atoms with Gasteiger partial charge in [-0.1, -0.05) is 13.8 Å². The van der Waals surface area contributed by atoms with Gasteiger partial charge in [0, 0.05) is 31.4 Å². The van der Waals surface area contributed by atoms with Gasteiger partial charge in [0.1, 0.15) is 5.82 Å². The van der Waals surface area contributed by atoms with Crippen LogP contribution in [0.2, 0.25) is 0 Å². The highest BCUT2D eigenvalue weighted by Crippen LogP contribution is 2.22. The minimum Gasteiger partial charge on any atom is -0.372 e. The number of halogens is 1. The first kappa shape index (κ1) is 17.9. The Labute approximate surface area is 129 Å². The largest absolute Gasteiger partial charge is 0.372 e. The number of benzene rings is 1. The van der Waals surface area contributed by atoms with Crippen molar-refractivity contribution in [1.29, 1.82) is 0 Å². The average Bonchev–Trinajstić information content (AvgIpc) is 2.42. The van der Waals surface area contributed by atoms with Gasteiger partial charge in [-0.2, -0.15) is 0 Å². The minimum atomic E-state index is -0.163. The third-order valence-electron chi connectivity index (χ3n) is 3.50. The molecule has 0 heterocycles. The molecule has 0 amide bonds. The fourth-order valence-electron chi connectivity index (χ4n) is 2.34. The number of hydrogen-bond donors (Lipinski definition) is 1. The number of hydrogen-bond acceptors (Lipinski definition) is 3. The van der Waals surface area contributed by atoms with Gasteiger partial charge in [0.25, 0.3) is 0 Å². The van der Waals surface area contributed by atoms with E-state index in [1.807, 2.05) is 6.07 Å². The molecular weight excluding hydrogens is 265 g/mol. The first-order valence-corrected chi connectivity index (χ1v) is 7.85. The second-order valence-corrected chi connectivity index (χ2v) is 6.05. The van der Waals surface area contributed by atoms with Crippen LogP contribution in [0.15, 0.2) is 18.2 Å². The third kappa shape index (κ3) is 6.44. The molecule has 4 heteroatoms. The van der Waals surface area contributed by atoms with Crippen molar-refractivity contribution < 1.29 is 4.39 Å². The van der Waals surface area contributed by atoms with Crippen LogP contribution in [0, 0.1) is 5.82 Å². The lowest BCUT2D eigenvalue weighted by molar-refractivity contribution is 0.400. The second-order valence-electron chi connectivity index (χ2n) is 6.05. The van der Waals surface area contributed by atoms with Crippen LogP contribution in [-0.4, -0.2) is 44.7 Å². The lowest BCUT2D eigenvalue weighted by Gasteiger charge is -2.27. The van der Waals surface area contributed by atoms with Crippen molar-refractivity contribution in [3.8, 4) is 0 Å². The molecule has 0 aromatic heterocycles. The molecule has 3 nitrogen and oxygen atoms in total. The van der Waals surface area contributed by atoms with E-state index in [4.69, 9.17) is 0 Å².